The predicted octanol–water partition coefficient (Wildman–Crippen LogP) is 2.07. The quantitative estimate of drug-likeness (QED) is 0.774. The third-order valence-corrected chi connectivity index (χ3v) is 5.58. The molecule has 2 aromatic rings. The van der Waals surface area contributed by atoms with Crippen LogP contribution in [0.15, 0.2) is 47.4 Å². The van der Waals surface area contributed by atoms with Crippen LogP contribution < -0.4 is 13.8 Å². The van der Waals surface area contributed by atoms with Gasteiger partial charge in [0.15, 0.2) is 11.5 Å². The fraction of sp³-hybridized carbons (Fsp3) is 0.235. The van der Waals surface area contributed by atoms with E-state index < -0.39 is 16.0 Å². The van der Waals surface area contributed by atoms with Crippen molar-refractivity contribution in [1.82, 2.24) is 0 Å². The highest BCUT2D eigenvalue weighted by Gasteiger charge is 2.24. The molecule has 0 amide bonds. The van der Waals surface area contributed by atoms with E-state index in [4.69, 9.17) is 9.47 Å². The molecule has 0 saturated carbocycles. The van der Waals surface area contributed by atoms with Crippen molar-refractivity contribution in [2.45, 2.75) is 4.90 Å². The molecule has 7 nitrogen and oxygen atoms in total. The number of methoxy groups -OCH3 is 1. The number of carbonyl (C=O) groups is 1. The molecule has 1 aliphatic heterocycles. The summed E-state index contributed by atoms with van der Waals surface area (Å²) in [6.45, 7) is 0.798. The summed E-state index contributed by atoms with van der Waals surface area (Å²) in [4.78, 5) is 11.7. The van der Waals surface area contributed by atoms with E-state index in [1.165, 1.54) is 32.4 Å². The number of hydrogen-bond donors (Lipinski definition) is 0. The van der Waals surface area contributed by atoms with Crippen molar-refractivity contribution in [2.75, 3.05) is 31.7 Å². The maximum atomic E-state index is 12.9. The zero-order chi connectivity index (χ0) is 18.0. The zero-order valence-corrected chi connectivity index (χ0v) is 14.6. The summed E-state index contributed by atoms with van der Waals surface area (Å²) < 4.78 is 42.4. The summed E-state index contributed by atoms with van der Waals surface area (Å²) >= 11 is 0. The van der Waals surface area contributed by atoms with Gasteiger partial charge in [0.25, 0.3) is 10.0 Å². The van der Waals surface area contributed by atoms with Crippen molar-refractivity contribution in [1.29, 1.82) is 0 Å². The molecule has 0 aliphatic carbocycles. The van der Waals surface area contributed by atoms with Crippen LogP contribution >= 0.6 is 0 Å². The summed E-state index contributed by atoms with van der Waals surface area (Å²) in [6, 6.07) is 10.7. The molecule has 3 rings (SSSR count). The van der Waals surface area contributed by atoms with Crippen molar-refractivity contribution in [3.63, 3.8) is 0 Å². The number of hydrogen-bond acceptors (Lipinski definition) is 6. The Morgan fingerprint density at radius 3 is 2.52 bits per heavy atom. The Kier molecular flexibility index (Phi) is 4.54. The molecule has 0 spiro atoms. The van der Waals surface area contributed by atoms with Crippen molar-refractivity contribution in [3.8, 4) is 11.5 Å². The highest BCUT2D eigenvalue weighted by atomic mass is 32.2. The Bertz CT molecular complexity index is 909. The predicted molar refractivity (Wildman–Crippen MR) is 90.8 cm³/mol. The fourth-order valence-electron chi connectivity index (χ4n) is 2.43. The minimum absolute atomic E-state index is 0.0720. The maximum absolute atomic E-state index is 12.9. The average Bonchev–Trinajstić information content (AvgIpc) is 2.66. The smallest absolute Gasteiger partial charge is 0.337 e. The van der Waals surface area contributed by atoms with Crippen molar-refractivity contribution in [2.24, 2.45) is 0 Å². The largest absolute Gasteiger partial charge is 0.486 e. The minimum Gasteiger partial charge on any atom is -0.486 e. The number of carbonyl (C=O) groups excluding carboxylic acids is 1. The van der Waals surface area contributed by atoms with E-state index in [1.54, 1.807) is 24.3 Å². The van der Waals surface area contributed by atoms with Crippen molar-refractivity contribution >= 4 is 21.7 Å². The molecule has 0 fully saturated rings. The molecule has 1 aliphatic rings. The van der Waals surface area contributed by atoms with E-state index in [2.05, 4.69) is 4.74 Å². The standard InChI is InChI=1S/C17H17NO6S/c1-18(13-5-3-4-12(10-13)17(19)22-2)25(20,21)14-6-7-15-16(11-14)24-9-8-23-15/h3-7,10-11H,8-9H2,1-2H3. The Hall–Kier alpha value is -2.74. The molecule has 0 N–H and O–H groups in total. The second-order valence-corrected chi connectivity index (χ2v) is 7.29. The molecule has 25 heavy (non-hydrogen) atoms. The molecular weight excluding hydrogens is 346 g/mol. The lowest BCUT2D eigenvalue weighted by Crippen LogP contribution is -2.27. The SMILES string of the molecule is COC(=O)c1cccc(N(C)S(=O)(=O)c2ccc3c(c2)OCCO3)c1. The minimum atomic E-state index is -3.83. The monoisotopic (exact) mass is 363 g/mol. The van der Waals surface area contributed by atoms with Crippen LogP contribution in [0.5, 0.6) is 11.5 Å². The first-order chi connectivity index (χ1) is 11.9. The Morgan fingerprint density at radius 2 is 1.80 bits per heavy atom. The van der Waals surface area contributed by atoms with Gasteiger partial charge in [-0.05, 0) is 30.3 Å². The van der Waals surface area contributed by atoms with Gasteiger partial charge in [0.2, 0.25) is 0 Å². The maximum Gasteiger partial charge on any atom is 0.337 e. The molecule has 132 valence electrons. The zero-order valence-electron chi connectivity index (χ0n) is 13.8. The van der Waals surface area contributed by atoms with Crippen LogP contribution in [0.25, 0.3) is 0 Å². The Morgan fingerprint density at radius 1 is 1.08 bits per heavy atom. The summed E-state index contributed by atoms with van der Waals surface area (Å²) in [7, 11) is -1.14. The van der Waals surface area contributed by atoms with Gasteiger partial charge in [-0.1, -0.05) is 6.07 Å². The molecule has 0 unspecified atom stereocenters. The molecule has 0 aromatic heterocycles. The molecule has 0 bridgehead atoms. The lowest BCUT2D eigenvalue weighted by atomic mass is 10.2. The van der Waals surface area contributed by atoms with Gasteiger partial charge in [0.1, 0.15) is 13.2 Å². The molecule has 0 atom stereocenters. The lowest BCUT2D eigenvalue weighted by Gasteiger charge is -2.22. The molecule has 2 aromatic carbocycles. The van der Waals surface area contributed by atoms with Crippen LogP contribution in [0.2, 0.25) is 0 Å². The number of sulfonamides is 1. The first-order valence-corrected chi connectivity index (χ1v) is 8.94. The molecule has 1 heterocycles. The van der Waals surface area contributed by atoms with E-state index >= 15 is 0 Å². The number of benzene rings is 2. The van der Waals surface area contributed by atoms with Crippen LogP contribution in [-0.4, -0.2) is 41.8 Å². The van der Waals surface area contributed by atoms with Gasteiger partial charge in [-0.2, -0.15) is 0 Å². The molecular formula is C17H17NO6S. The highest BCUT2D eigenvalue weighted by Crippen LogP contribution is 2.33. The van der Waals surface area contributed by atoms with E-state index in [-0.39, 0.29) is 10.5 Å². The first kappa shape index (κ1) is 17.1. The first-order valence-electron chi connectivity index (χ1n) is 7.50. The lowest BCUT2D eigenvalue weighted by molar-refractivity contribution is 0.0600. The summed E-state index contributed by atoms with van der Waals surface area (Å²) in [6.07, 6.45) is 0. The van der Waals surface area contributed by atoms with E-state index in [9.17, 15) is 13.2 Å². The summed E-state index contributed by atoms with van der Waals surface area (Å²) in [5.74, 6) is 0.372. The summed E-state index contributed by atoms with van der Waals surface area (Å²) in [5, 5.41) is 0. The second-order valence-electron chi connectivity index (χ2n) is 5.32. The topological polar surface area (TPSA) is 82.1 Å². The Balaban J connectivity index is 1.96. The van der Waals surface area contributed by atoms with Gasteiger partial charge in [-0.3, -0.25) is 4.31 Å². The molecule has 8 heteroatoms. The van der Waals surface area contributed by atoms with Crippen LogP contribution in [-0.2, 0) is 14.8 Å². The van der Waals surface area contributed by atoms with Crippen molar-refractivity contribution in [3.05, 3.63) is 48.0 Å². The van der Waals surface area contributed by atoms with Crippen LogP contribution in [0.1, 0.15) is 10.4 Å². The van der Waals surface area contributed by atoms with Gasteiger partial charge in [0.05, 0.1) is 23.3 Å². The number of esters is 1. The fourth-order valence-corrected chi connectivity index (χ4v) is 3.63. The van der Waals surface area contributed by atoms with Gasteiger partial charge < -0.3 is 14.2 Å². The van der Waals surface area contributed by atoms with Gasteiger partial charge in [0, 0.05) is 13.1 Å². The van der Waals surface area contributed by atoms with Gasteiger partial charge in [-0.15, -0.1) is 0 Å². The molecule has 0 saturated heterocycles. The molecule has 0 radical (unpaired) electrons. The van der Waals surface area contributed by atoms with Crippen LogP contribution in [0.4, 0.5) is 5.69 Å². The van der Waals surface area contributed by atoms with E-state index in [0.717, 1.165) is 4.31 Å². The average molecular weight is 363 g/mol. The van der Waals surface area contributed by atoms with Gasteiger partial charge in [-0.25, -0.2) is 13.2 Å². The van der Waals surface area contributed by atoms with Crippen LogP contribution in [0, 0.1) is 0 Å². The number of anilines is 1. The second kappa shape index (κ2) is 6.64. The number of nitrogens with zero attached hydrogens (tertiary/aromatic N) is 1. The summed E-state index contributed by atoms with van der Waals surface area (Å²) in [5.41, 5.74) is 0.613. The highest BCUT2D eigenvalue weighted by molar-refractivity contribution is 7.92. The van der Waals surface area contributed by atoms with Crippen molar-refractivity contribution < 1.29 is 27.4 Å². The van der Waals surface area contributed by atoms with E-state index in [1.807, 2.05) is 0 Å². The number of rotatable bonds is 4. The third-order valence-electron chi connectivity index (χ3n) is 3.80. The van der Waals surface area contributed by atoms with Crippen LogP contribution in [0.3, 0.4) is 0 Å². The number of ether oxygens (including phenoxy) is 3. The normalized spacial score (nSPS) is 13.2. The van der Waals surface area contributed by atoms with Gasteiger partial charge >= 0.3 is 5.97 Å². The third kappa shape index (κ3) is 3.25. The van der Waals surface area contributed by atoms with E-state index in [0.29, 0.717) is 30.4 Å². The Labute approximate surface area is 145 Å². The number of fused-ring (bicyclic) bond motifs is 1.